The van der Waals surface area contributed by atoms with E-state index in [2.05, 4.69) is 31.9 Å². The second-order valence-corrected chi connectivity index (χ2v) is 13.0. The van der Waals surface area contributed by atoms with Crippen LogP contribution in [0.2, 0.25) is 0 Å². The minimum atomic E-state index is -1.70. The fourth-order valence-corrected chi connectivity index (χ4v) is 4.97. The summed E-state index contributed by atoms with van der Waals surface area (Å²) >= 11 is 0. The Morgan fingerprint density at radius 3 is 1.46 bits per heavy atom. The number of hydrogen-bond donors (Lipinski definition) is 12. The first kappa shape index (κ1) is 47.9. The van der Waals surface area contributed by atoms with E-state index in [9.17, 15) is 53.1 Å². The molecule has 0 saturated carbocycles. The molecule has 1 aromatic rings. The molecule has 1 rings (SSSR count). The summed E-state index contributed by atoms with van der Waals surface area (Å²) < 4.78 is 0. The number of nitrogens with two attached hydrogens (primary N) is 5. The molecular weight excluding hydrogens is 738 g/mol. The number of carboxylic acids is 1. The fourth-order valence-electron chi connectivity index (χ4n) is 4.97. The molecule has 0 aliphatic rings. The molecule has 0 saturated heterocycles. The third kappa shape index (κ3) is 18.2. The van der Waals surface area contributed by atoms with E-state index in [-0.39, 0.29) is 19.4 Å². The standard InChI is InChI=1S/C34H53N11O11/c1-17(36)28(49)43-23(15-26(38)47)32(53)42-21(11-12-25(37)46)30(51)44-22(14-19-8-4-3-5-9-19)31(52)45-24(16-27(39)48)33(54)41-20(10-6-7-13-35)29(50)40-18(2)34(55)56/h3-5,8-9,17-18,20-24H,6-7,10-16,35-36H2,1-2H3,(H2,37,46)(H2,38,47)(H2,39,48)(H,40,50)(H,41,54)(H,42,53)(H,43,49)(H,44,51)(H,45,52)(H,55,56)/t17-,18-,20-,21-,22-,23-,24-/m0/s1. The van der Waals surface area contributed by atoms with Gasteiger partial charge >= 0.3 is 5.97 Å². The monoisotopic (exact) mass is 791 g/mol. The summed E-state index contributed by atoms with van der Waals surface area (Å²) in [6, 6.07) is -1.93. The van der Waals surface area contributed by atoms with Crippen molar-refractivity contribution in [2.45, 2.75) is 108 Å². The van der Waals surface area contributed by atoms with Crippen molar-refractivity contribution < 1.29 is 53.1 Å². The van der Waals surface area contributed by atoms with Crippen molar-refractivity contribution in [3.05, 3.63) is 35.9 Å². The Balaban J connectivity index is 3.46. The smallest absolute Gasteiger partial charge is 0.325 e. The Hall–Kier alpha value is -6.16. The topological polar surface area (TPSA) is 393 Å². The lowest BCUT2D eigenvalue weighted by Crippen LogP contribution is -2.60. The molecule has 7 atom stereocenters. The number of benzene rings is 1. The second-order valence-electron chi connectivity index (χ2n) is 13.0. The highest BCUT2D eigenvalue weighted by Crippen LogP contribution is 2.09. The van der Waals surface area contributed by atoms with Crippen LogP contribution in [0.25, 0.3) is 0 Å². The van der Waals surface area contributed by atoms with Gasteiger partial charge in [-0.25, -0.2) is 0 Å². The maximum Gasteiger partial charge on any atom is 0.325 e. The van der Waals surface area contributed by atoms with Gasteiger partial charge in [-0.1, -0.05) is 30.3 Å². The number of nitrogens with one attached hydrogen (secondary N) is 6. The Morgan fingerprint density at radius 2 is 1.00 bits per heavy atom. The Kier molecular flexibility index (Phi) is 20.8. The predicted octanol–water partition coefficient (Wildman–Crippen LogP) is -5.27. The molecule has 0 aliphatic carbocycles. The van der Waals surface area contributed by atoms with Gasteiger partial charge < -0.3 is 65.7 Å². The summed E-state index contributed by atoms with van der Waals surface area (Å²) in [7, 11) is 0. The van der Waals surface area contributed by atoms with Crippen molar-refractivity contribution in [1.82, 2.24) is 31.9 Å². The first-order valence-electron chi connectivity index (χ1n) is 17.6. The molecule has 56 heavy (non-hydrogen) atoms. The predicted molar refractivity (Wildman–Crippen MR) is 198 cm³/mol. The van der Waals surface area contributed by atoms with Crippen LogP contribution in [0.1, 0.15) is 64.4 Å². The average Bonchev–Trinajstić information content (AvgIpc) is 3.11. The average molecular weight is 792 g/mol. The van der Waals surface area contributed by atoms with Crippen molar-refractivity contribution in [1.29, 1.82) is 0 Å². The van der Waals surface area contributed by atoms with E-state index in [0.29, 0.717) is 18.4 Å². The normalized spacial score (nSPS) is 14.5. The summed E-state index contributed by atoms with van der Waals surface area (Å²) in [6.07, 6.45) is -1.72. The van der Waals surface area contributed by atoms with Gasteiger partial charge in [0, 0.05) is 12.8 Å². The van der Waals surface area contributed by atoms with Gasteiger partial charge in [0.25, 0.3) is 0 Å². The summed E-state index contributed by atoms with van der Waals surface area (Å²) in [5.74, 6) is -10.1. The quantitative estimate of drug-likeness (QED) is 0.0391. The van der Waals surface area contributed by atoms with Crippen LogP contribution in [-0.2, 0) is 54.4 Å². The lowest BCUT2D eigenvalue weighted by atomic mass is 10.0. The molecule has 310 valence electrons. The SMILES string of the molecule is C[C@H](N)C(=O)N[C@@H](CC(N)=O)C(=O)N[C@@H](CCC(N)=O)C(=O)N[C@@H](Cc1ccccc1)C(=O)N[C@@H](CC(N)=O)C(=O)N[C@@H](CCCCN)C(=O)N[C@@H](C)C(=O)O. The van der Waals surface area contributed by atoms with Crippen LogP contribution in [0, 0.1) is 0 Å². The van der Waals surface area contributed by atoms with Crippen LogP contribution in [0.4, 0.5) is 0 Å². The summed E-state index contributed by atoms with van der Waals surface area (Å²) in [5.41, 5.74) is 27.5. The molecule has 0 aliphatic heterocycles. The molecule has 22 heteroatoms. The fraction of sp³-hybridized carbons (Fsp3) is 0.529. The Morgan fingerprint density at radius 1 is 0.571 bits per heavy atom. The van der Waals surface area contributed by atoms with Gasteiger partial charge in [0.2, 0.25) is 53.2 Å². The number of carbonyl (C=O) groups excluding carboxylic acids is 9. The van der Waals surface area contributed by atoms with Crippen LogP contribution < -0.4 is 60.6 Å². The Labute approximate surface area is 322 Å². The molecular formula is C34H53N11O11. The summed E-state index contributed by atoms with van der Waals surface area (Å²) in [5, 5.41) is 23.3. The first-order chi connectivity index (χ1) is 26.2. The van der Waals surface area contributed by atoms with E-state index in [1.165, 1.54) is 13.8 Å². The van der Waals surface area contributed by atoms with Crippen molar-refractivity contribution >= 4 is 59.1 Å². The largest absolute Gasteiger partial charge is 0.480 e. The zero-order chi connectivity index (χ0) is 42.5. The number of unbranched alkanes of at least 4 members (excludes halogenated alkanes) is 1. The van der Waals surface area contributed by atoms with E-state index in [4.69, 9.17) is 28.7 Å². The van der Waals surface area contributed by atoms with E-state index in [1.54, 1.807) is 30.3 Å². The molecule has 0 bridgehead atoms. The van der Waals surface area contributed by atoms with Gasteiger partial charge in [-0.3, -0.25) is 47.9 Å². The lowest BCUT2D eigenvalue weighted by Gasteiger charge is -2.27. The third-order valence-electron chi connectivity index (χ3n) is 8.03. The van der Waals surface area contributed by atoms with Gasteiger partial charge in [0.05, 0.1) is 18.9 Å². The molecule has 0 unspecified atom stereocenters. The van der Waals surface area contributed by atoms with E-state index in [1.807, 2.05) is 0 Å². The molecule has 1 aromatic carbocycles. The van der Waals surface area contributed by atoms with Gasteiger partial charge in [0.1, 0.15) is 36.3 Å². The van der Waals surface area contributed by atoms with Crippen molar-refractivity contribution in [3.63, 3.8) is 0 Å². The minimum Gasteiger partial charge on any atom is -0.480 e. The van der Waals surface area contributed by atoms with Crippen LogP contribution in [0.3, 0.4) is 0 Å². The van der Waals surface area contributed by atoms with Gasteiger partial charge in [-0.05, 0) is 51.6 Å². The minimum absolute atomic E-state index is 0.0126. The summed E-state index contributed by atoms with van der Waals surface area (Å²) in [6.45, 7) is 2.78. The van der Waals surface area contributed by atoms with Gasteiger partial charge in [-0.15, -0.1) is 0 Å². The number of carboxylic acid groups (broad SMARTS) is 1. The van der Waals surface area contributed by atoms with Crippen molar-refractivity contribution in [2.75, 3.05) is 6.54 Å². The van der Waals surface area contributed by atoms with Crippen molar-refractivity contribution in [2.24, 2.45) is 28.7 Å². The number of aliphatic carboxylic acids is 1. The second kappa shape index (κ2) is 24.3. The molecule has 0 heterocycles. The zero-order valence-electron chi connectivity index (χ0n) is 31.2. The number of primary amides is 3. The zero-order valence-corrected chi connectivity index (χ0v) is 31.2. The highest BCUT2D eigenvalue weighted by atomic mass is 16.4. The van der Waals surface area contributed by atoms with Crippen LogP contribution in [0.15, 0.2) is 30.3 Å². The van der Waals surface area contributed by atoms with E-state index >= 15 is 0 Å². The van der Waals surface area contributed by atoms with Crippen molar-refractivity contribution in [3.8, 4) is 0 Å². The van der Waals surface area contributed by atoms with Gasteiger partial charge in [0.15, 0.2) is 0 Å². The maximum atomic E-state index is 13.9. The number of carbonyl (C=O) groups is 10. The highest BCUT2D eigenvalue weighted by Gasteiger charge is 2.34. The molecule has 0 aromatic heterocycles. The number of rotatable bonds is 26. The van der Waals surface area contributed by atoms with Gasteiger partial charge in [-0.2, -0.15) is 0 Å². The summed E-state index contributed by atoms with van der Waals surface area (Å²) in [4.78, 5) is 126. The molecule has 22 nitrogen and oxygen atoms in total. The third-order valence-corrected chi connectivity index (χ3v) is 8.03. The molecule has 17 N–H and O–H groups in total. The maximum absolute atomic E-state index is 13.9. The molecule has 0 spiro atoms. The van der Waals surface area contributed by atoms with Crippen LogP contribution >= 0.6 is 0 Å². The molecule has 0 radical (unpaired) electrons. The number of amides is 9. The Bertz CT molecular complexity index is 1580. The van der Waals surface area contributed by atoms with E-state index < -0.39 is 127 Å². The van der Waals surface area contributed by atoms with E-state index in [0.717, 1.165) is 0 Å². The highest BCUT2D eigenvalue weighted by molar-refractivity contribution is 5.99. The lowest BCUT2D eigenvalue weighted by molar-refractivity contribution is -0.142. The molecule has 0 fully saturated rings. The van der Waals surface area contributed by atoms with Crippen LogP contribution in [-0.4, -0.2) is 113 Å². The molecule has 9 amide bonds. The first-order valence-corrected chi connectivity index (χ1v) is 17.6. The van der Waals surface area contributed by atoms with Crippen LogP contribution in [0.5, 0.6) is 0 Å². The number of hydrogen-bond acceptors (Lipinski definition) is 12.